The standard InChI is InChI=1S/C8H12.Er/c1-7(2)8-5-3-4-6-8;/h3-5,7H,6H2,1-2H3;. The number of allylic oxidation sites excluding steroid dienone is 4. The summed E-state index contributed by atoms with van der Waals surface area (Å²) in [4.78, 5) is 0. The van der Waals surface area contributed by atoms with Crippen LogP contribution in [0.1, 0.15) is 20.3 Å². The predicted molar refractivity (Wildman–Crippen MR) is 36.7 cm³/mol. The molecule has 0 heterocycles. The molecule has 56 valence electrons. The molecule has 1 rings (SSSR count). The first-order valence-electron chi connectivity index (χ1n) is 3.16. The Morgan fingerprint density at radius 2 is 2.11 bits per heavy atom. The molecule has 0 unspecified atom stereocenters. The van der Waals surface area contributed by atoms with Gasteiger partial charge in [-0.25, -0.2) is 0 Å². The molecule has 0 saturated heterocycles. The van der Waals surface area contributed by atoms with Gasteiger partial charge in [0.1, 0.15) is 0 Å². The molecule has 9 heavy (non-hydrogen) atoms. The minimum atomic E-state index is 0. The van der Waals surface area contributed by atoms with E-state index in [4.69, 9.17) is 0 Å². The minimum absolute atomic E-state index is 0. The van der Waals surface area contributed by atoms with Crippen molar-refractivity contribution < 1.29 is 37.3 Å². The van der Waals surface area contributed by atoms with Crippen LogP contribution in [0.15, 0.2) is 23.8 Å². The maximum atomic E-state index is 2.23. The maximum Gasteiger partial charge on any atom is 0 e. The molecule has 0 aromatic heterocycles. The Morgan fingerprint density at radius 1 is 1.44 bits per heavy atom. The summed E-state index contributed by atoms with van der Waals surface area (Å²) in [5, 5.41) is 0. The molecule has 0 aromatic carbocycles. The molecule has 1 heteroatoms. The second-order valence-electron chi connectivity index (χ2n) is 2.53. The first-order valence-corrected chi connectivity index (χ1v) is 3.16. The van der Waals surface area contributed by atoms with Gasteiger partial charge < -0.3 is 0 Å². The molecule has 0 bridgehead atoms. The molecule has 0 N–H and O–H groups in total. The SMILES string of the molecule is CC(C)C1=CC=CC1.[Er]. The maximum absolute atomic E-state index is 2.23. The molecular weight excluding hydrogens is 263 g/mol. The Hall–Kier alpha value is 0.727. The summed E-state index contributed by atoms with van der Waals surface area (Å²) in [6.45, 7) is 4.47. The molecule has 0 spiro atoms. The number of hydrogen-bond donors (Lipinski definition) is 0. The van der Waals surface area contributed by atoms with E-state index < -0.39 is 0 Å². The van der Waals surface area contributed by atoms with Gasteiger partial charge in [-0.05, 0) is 12.3 Å². The molecule has 0 radical (unpaired) electrons. The van der Waals surface area contributed by atoms with Gasteiger partial charge in [-0.15, -0.1) is 0 Å². The normalized spacial score (nSPS) is 15.7. The van der Waals surface area contributed by atoms with E-state index in [2.05, 4.69) is 32.1 Å². The zero-order chi connectivity index (χ0) is 5.98. The zero-order valence-electron chi connectivity index (χ0n) is 5.81. The summed E-state index contributed by atoms with van der Waals surface area (Å²) in [5.74, 6) is 0.741. The third-order valence-corrected chi connectivity index (χ3v) is 1.54. The van der Waals surface area contributed by atoms with Gasteiger partial charge in [-0.2, -0.15) is 0 Å². The molecule has 1 aliphatic rings. The van der Waals surface area contributed by atoms with Crippen LogP contribution in [0.4, 0.5) is 0 Å². The second kappa shape index (κ2) is 4.53. The molecule has 0 saturated carbocycles. The summed E-state index contributed by atoms with van der Waals surface area (Å²) in [5.41, 5.74) is 1.56. The van der Waals surface area contributed by atoms with Crippen LogP contribution in [-0.4, -0.2) is 0 Å². The molecule has 1 aliphatic carbocycles. The Bertz CT molecular complexity index is 132. The fourth-order valence-electron chi connectivity index (χ4n) is 0.892. The van der Waals surface area contributed by atoms with Gasteiger partial charge in [-0.3, -0.25) is 0 Å². The van der Waals surface area contributed by atoms with E-state index in [0.717, 1.165) is 5.92 Å². The number of rotatable bonds is 1. The van der Waals surface area contributed by atoms with Crippen LogP contribution in [0.3, 0.4) is 0 Å². The van der Waals surface area contributed by atoms with Crippen molar-refractivity contribution in [3.8, 4) is 0 Å². The van der Waals surface area contributed by atoms with Crippen molar-refractivity contribution >= 4 is 0 Å². The van der Waals surface area contributed by atoms with Gasteiger partial charge in [0.25, 0.3) is 0 Å². The van der Waals surface area contributed by atoms with Gasteiger partial charge in [0.2, 0.25) is 0 Å². The van der Waals surface area contributed by atoms with Crippen molar-refractivity contribution in [2.45, 2.75) is 20.3 Å². The third-order valence-electron chi connectivity index (χ3n) is 1.54. The zero-order valence-corrected chi connectivity index (χ0v) is 7.66. The van der Waals surface area contributed by atoms with E-state index in [1.165, 1.54) is 6.42 Å². The summed E-state index contributed by atoms with van der Waals surface area (Å²) in [6.07, 6.45) is 7.73. The van der Waals surface area contributed by atoms with E-state index in [9.17, 15) is 0 Å². The van der Waals surface area contributed by atoms with Gasteiger partial charge in [-0.1, -0.05) is 37.6 Å². The van der Waals surface area contributed by atoms with Gasteiger partial charge in [0.15, 0.2) is 0 Å². The topological polar surface area (TPSA) is 0 Å². The van der Waals surface area contributed by atoms with Crippen LogP contribution in [0.25, 0.3) is 0 Å². The largest absolute Gasteiger partial charge is 0.0805 e. The average molecular weight is 275 g/mol. The van der Waals surface area contributed by atoms with E-state index in [1.807, 2.05) is 0 Å². The predicted octanol–water partition coefficient (Wildman–Crippen LogP) is 2.53. The second-order valence-corrected chi connectivity index (χ2v) is 2.53. The molecule has 0 nitrogen and oxygen atoms in total. The summed E-state index contributed by atoms with van der Waals surface area (Å²) in [6, 6.07) is 0. The van der Waals surface area contributed by atoms with Crippen LogP contribution < -0.4 is 0 Å². The Balaban J connectivity index is 0.000000640. The van der Waals surface area contributed by atoms with E-state index in [1.54, 1.807) is 5.57 Å². The van der Waals surface area contributed by atoms with E-state index in [-0.39, 0.29) is 37.3 Å². The molecule has 0 fully saturated rings. The van der Waals surface area contributed by atoms with E-state index >= 15 is 0 Å². The van der Waals surface area contributed by atoms with Crippen molar-refractivity contribution in [2.75, 3.05) is 0 Å². The fourth-order valence-corrected chi connectivity index (χ4v) is 0.892. The molecule has 0 aromatic rings. The first kappa shape index (κ1) is 9.73. The summed E-state index contributed by atoms with van der Waals surface area (Å²) in [7, 11) is 0. The van der Waals surface area contributed by atoms with Crippen molar-refractivity contribution in [1.82, 2.24) is 0 Å². The quantitative estimate of drug-likeness (QED) is 0.690. The van der Waals surface area contributed by atoms with Crippen LogP contribution in [0.5, 0.6) is 0 Å². The fraction of sp³-hybridized carbons (Fsp3) is 0.500. The van der Waals surface area contributed by atoms with Crippen molar-refractivity contribution in [3.05, 3.63) is 23.8 Å². The first-order chi connectivity index (χ1) is 3.80. The Labute approximate surface area is 86.6 Å². The van der Waals surface area contributed by atoms with Crippen LogP contribution in [0, 0.1) is 43.2 Å². The summed E-state index contributed by atoms with van der Waals surface area (Å²) < 4.78 is 0. The smallest absolute Gasteiger partial charge is 0 e. The van der Waals surface area contributed by atoms with Crippen molar-refractivity contribution in [2.24, 2.45) is 5.92 Å². The monoisotopic (exact) mass is 274 g/mol. The van der Waals surface area contributed by atoms with E-state index in [0.29, 0.717) is 0 Å². The van der Waals surface area contributed by atoms with Crippen LogP contribution >= 0.6 is 0 Å². The number of hydrogen-bond acceptors (Lipinski definition) is 0. The molecule has 0 amide bonds. The van der Waals surface area contributed by atoms with Crippen molar-refractivity contribution in [3.63, 3.8) is 0 Å². The van der Waals surface area contributed by atoms with Gasteiger partial charge >= 0.3 is 0 Å². The van der Waals surface area contributed by atoms with Gasteiger partial charge in [0.05, 0.1) is 0 Å². The third kappa shape index (κ3) is 2.87. The average Bonchev–Trinajstić information content (AvgIpc) is 2.12. The van der Waals surface area contributed by atoms with Crippen LogP contribution in [-0.2, 0) is 0 Å². The molecule has 0 aliphatic heterocycles. The molecule has 0 atom stereocenters. The summed E-state index contributed by atoms with van der Waals surface area (Å²) >= 11 is 0. The van der Waals surface area contributed by atoms with Gasteiger partial charge in [0, 0.05) is 37.3 Å². The Morgan fingerprint density at radius 3 is 2.33 bits per heavy atom. The molecular formula is C8H12Er. The van der Waals surface area contributed by atoms with Crippen LogP contribution in [0.2, 0.25) is 0 Å². The Kier molecular flexibility index (Phi) is 4.89. The van der Waals surface area contributed by atoms with Crippen molar-refractivity contribution in [1.29, 1.82) is 0 Å². The minimum Gasteiger partial charge on any atom is -0.0805 e.